The van der Waals surface area contributed by atoms with Crippen molar-refractivity contribution >= 4 is 43.1 Å². The van der Waals surface area contributed by atoms with Gasteiger partial charge in [-0.3, -0.25) is 9.78 Å². The van der Waals surface area contributed by atoms with Crippen molar-refractivity contribution in [3.05, 3.63) is 105 Å². The Hall–Kier alpha value is -4.36. The van der Waals surface area contributed by atoms with E-state index in [9.17, 15) is 9.59 Å². The fourth-order valence-corrected chi connectivity index (χ4v) is 4.54. The minimum absolute atomic E-state index is 0.262. The third kappa shape index (κ3) is 3.18. The number of hydrogen-bond donors (Lipinski definition) is 1. The lowest BCUT2D eigenvalue weighted by Gasteiger charge is -2.14. The molecule has 0 spiro atoms. The highest BCUT2D eigenvalue weighted by molar-refractivity contribution is 6.33. The molecule has 0 bridgehead atoms. The van der Waals surface area contributed by atoms with Gasteiger partial charge >= 0.3 is 5.69 Å². The van der Waals surface area contributed by atoms with Gasteiger partial charge in [0.2, 0.25) is 0 Å². The quantitative estimate of drug-likeness (QED) is 0.195. The average molecular weight is 431 g/mol. The van der Waals surface area contributed by atoms with Gasteiger partial charge in [0, 0.05) is 18.8 Å². The van der Waals surface area contributed by atoms with E-state index < -0.39 is 11.2 Å². The van der Waals surface area contributed by atoms with Crippen molar-refractivity contribution in [2.24, 2.45) is 7.05 Å². The van der Waals surface area contributed by atoms with Crippen LogP contribution in [-0.2, 0) is 7.05 Å². The Morgan fingerprint density at radius 3 is 1.91 bits per heavy atom. The first-order valence-electron chi connectivity index (χ1n) is 11.0. The number of H-pyrrole nitrogens is 1. The van der Waals surface area contributed by atoms with Gasteiger partial charge in [-0.2, -0.15) is 0 Å². The monoisotopic (exact) mass is 430 g/mol. The molecule has 6 aromatic rings. The molecule has 0 saturated heterocycles. The van der Waals surface area contributed by atoms with Crippen molar-refractivity contribution in [3.63, 3.8) is 0 Å². The van der Waals surface area contributed by atoms with Crippen molar-refractivity contribution in [1.29, 1.82) is 0 Å². The summed E-state index contributed by atoms with van der Waals surface area (Å²) < 4.78 is 1.32. The number of aromatic amines is 1. The molecule has 1 aromatic heterocycles. The Morgan fingerprint density at radius 2 is 1.21 bits per heavy atom. The van der Waals surface area contributed by atoms with E-state index in [1.807, 2.05) is 19.9 Å². The van der Waals surface area contributed by atoms with Crippen LogP contribution in [0.3, 0.4) is 0 Å². The van der Waals surface area contributed by atoms with Crippen LogP contribution in [-0.4, -0.2) is 9.55 Å². The molecule has 4 heteroatoms. The number of nitrogens with one attached hydrogen (secondary N) is 1. The molecule has 1 N–H and O–H groups in total. The summed E-state index contributed by atoms with van der Waals surface area (Å²) in [5.74, 6) is 6.11. The first kappa shape index (κ1) is 20.5. The summed E-state index contributed by atoms with van der Waals surface area (Å²) in [6.45, 7) is 4.00. The fourth-order valence-electron chi connectivity index (χ4n) is 4.54. The van der Waals surface area contributed by atoms with Crippen LogP contribution < -0.4 is 11.2 Å². The zero-order valence-electron chi connectivity index (χ0n) is 18.7. The highest BCUT2D eigenvalue weighted by Gasteiger charge is 2.13. The Balaban J connectivity index is 0.00000111. The summed E-state index contributed by atoms with van der Waals surface area (Å²) in [6.07, 6.45) is 1.47. The summed E-state index contributed by atoms with van der Waals surface area (Å²) >= 11 is 0. The Morgan fingerprint density at radius 1 is 0.667 bits per heavy atom. The predicted octanol–water partition coefficient (Wildman–Crippen LogP) is 5.55. The first-order valence-corrected chi connectivity index (χ1v) is 11.0. The van der Waals surface area contributed by atoms with Gasteiger partial charge in [-0.05, 0) is 49.2 Å². The van der Waals surface area contributed by atoms with Gasteiger partial charge in [-0.25, -0.2) is 4.79 Å². The average Bonchev–Trinajstić information content (AvgIpc) is 2.85. The lowest BCUT2D eigenvalue weighted by Crippen LogP contribution is -2.29. The third-order valence-corrected chi connectivity index (χ3v) is 5.97. The van der Waals surface area contributed by atoms with Crippen molar-refractivity contribution in [1.82, 2.24) is 9.55 Å². The number of aromatic nitrogens is 2. The summed E-state index contributed by atoms with van der Waals surface area (Å²) in [5, 5.41) is 9.58. The van der Waals surface area contributed by atoms with Crippen LogP contribution in [0.2, 0.25) is 0 Å². The molecule has 0 atom stereocenters. The second-order valence-corrected chi connectivity index (χ2v) is 7.76. The molecule has 33 heavy (non-hydrogen) atoms. The van der Waals surface area contributed by atoms with Crippen molar-refractivity contribution in [2.75, 3.05) is 0 Å². The molecule has 1 heterocycles. The number of fused-ring (bicyclic) bond motifs is 2. The van der Waals surface area contributed by atoms with Crippen LogP contribution in [0, 0.1) is 11.8 Å². The highest BCUT2D eigenvalue weighted by Crippen LogP contribution is 2.40. The number of rotatable bonds is 0. The normalized spacial score (nSPS) is 10.9. The van der Waals surface area contributed by atoms with Crippen LogP contribution in [0.1, 0.15) is 25.0 Å². The second kappa shape index (κ2) is 7.96. The van der Waals surface area contributed by atoms with E-state index in [1.54, 1.807) is 7.05 Å². The van der Waals surface area contributed by atoms with E-state index >= 15 is 0 Å². The standard InChI is InChI=1S/C27H16N2O2.C2H6/c1-29-15-18(26(30)28-27(29)31)12-11-16-13-14-23-21-9-3-6-17-5-2-8-20(24(17)21)22-10-4-7-19(16)25(22)23;1-2/h2-10,13-15H,1H3,(H,28,30,31);1-2H3. The molecular formula is C29H22N2O2. The maximum atomic E-state index is 12.1. The van der Waals surface area contributed by atoms with E-state index in [0.717, 1.165) is 10.9 Å². The molecule has 6 rings (SSSR count). The minimum Gasteiger partial charge on any atom is -0.302 e. The molecule has 0 saturated carbocycles. The molecule has 0 amide bonds. The van der Waals surface area contributed by atoms with Gasteiger partial charge < -0.3 is 4.57 Å². The molecule has 0 radical (unpaired) electrons. The number of benzene rings is 5. The lowest BCUT2D eigenvalue weighted by atomic mass is 9.88. The number of aryl methyl sites for hydroxylation is 1. The minimum atomic E-state index is -0.473. The number of hydrogen-bond acceptors (Lipinski definition) is 2. The van der Waals surface area contributed by atoms with Crippen LogP contribution >= 0.6 is 0 Å². The molecule has 0 unspecified atom stereocenters. The third-order valence-electron chi connectivity index (χ3n) is 5.97. The molecule has 4 nitrogen and oxygen atoms in total. The van der Waals surface area contributed by atoms with E-state index in [1.165, 1.54) is 48.5 Å². The SMILES string of the molecule is CC.Cn1cc(C#Cc2ccc3c4cccc5cccc(c6cccc2c63)c54)c(=O)[nH]c1=O. The van der Waals surface area contributed by atoms with Crippen LogP contribution in [0.25, 0.3) is 43.1 Å². The van der Waals surface area contributed by atoms with Gasteiger partial charge in [0.1, 0.15) is 5.56 Å². The summed E-state index contributed by atoms with van der Waals surface area (Å²) in [6, 6.07) is 23.3. The van der Waals surface area contributed by atoms with Crippen LogP contribution in [0.5, 0.6) is 0 Å². The lowest BCUT2D eigenvalue weighted by molar-refractivity contribution is 0.795. The molecular weight excluding hydrogens is 408 g/mol. The Kier molecular flexibility index (Phi) is 4.95. The zero-order valence-corrected chi connectivity index (χ0v) is 18.7. The predicted molar refractivity (Wildman–Crippen MR) is 137 cm³/mol. The summed E-state index contributed by atoms with van der Waals surface area (Å²) in [7, 11) is 1.59. The van der Waals surface area contributed by atoms with Crippen molar-refractivity contribution in [3.8, 4) is 11.8 Å². The van der Waals surface area contributed by atoms with Gasteiger partial charge in [-0.15, -0.1) is 0 Å². The van der Waals surface area contributed by atoms with Crippen molar-refractivity contribution in [2.45, 2.75) is 13.8 Å². The van der Waals surface area contributed by atoms with E-state index in [4.69, 9.17) is 0 Å². The van der Waals surface area contributed by atoms with Crippen molar-refractivity contribution < 1.29 is 0 Å². The largest absolute Gasteiger partial charge is 0.328 e. The van der Waals surface area contributed by atoms with Gasteiger partial charge in [0.25, 0.3) is 5.56 Å². The summed E-state index contributed by atoms with van der Waals surface area (Å²) in [5.41, 5.74) is 0.182. The van der Waals surface area contributed by atoms with Gasteiger partial charge in [0.05, 0.1) is 0 Å². The molecule has 5 aromatic carbocycles. The highest BCUT2D eigenvalue weighted by atomic mass is 16.2. The second-order valence-electron chi connectivity index (χ2n) is 7.76. The smallest absolute Gasteiger partial charge is 0.302 e. The van der Waals surface area contributed by atoms with Crippen LogP contribution in [0.4, 0.5) is 0 Å². The first-order chi connectivity index (χ1) is 16.1. The molecule has 0 fully saturated rings. The maximum Gasteiger partial charge on any atom is 0.328 e. The maximum absolute atomic E-state index is 12.1. The van der Waals surface area contributed by atoms with E-state index in [2.05, 4.69) is 77.5 Å². The Labute approximate surface area is 190 Å². The fraction of sp³-hybridized carbons (Fsp3) is 0.103. The molecule has 0 aliphatic rings. The Bertz CT molecular complexity index is 1800. The van der Waals surface area contributed by atoms with Crippen LogP contribution in [0.15, 0.2) is 82.5 Å². The zero-order chi connectivity index (χ0) is 23.1. The van der Waals surface area contributed by atoms with Gasteiger partial charge in [0.15, 0.2) is 0 Å². The molecule has 0 aliphatic heterocycles. The topological polar surface area (TPSA) is 54.9 Å². The molecule has 160 valence electrons. The van der Waals surface area contributed by atoms with E-state index in [0.29, 0.717) is 0 Å². The number of nitrogens with zero attached hydrogens (tertiary/aromatic N) is 1. The van der Waals surface area contributed by atoms with Gasteiger partial charge in [-0.1, -0.05) is 86.4 Å². The molecule has 0 aliphatic carbocycles. The summed E-state index contributed by atoms with van der Waals surface area (Å²) in [4.78, 5) is 26.0. The van der Waals surface area contributed by atoms with E-state index in [-0.39, 0.29) is 5.56 Å².